The van der Waals surface area contributed by atoms with E-state index < -0.39 is 0 Å². The molecule has 0 saturated heterocycles. The summed E-state index contributed by atoms with van der Waals surface area (Å²) in [6, 6.07) is 29.0. The molecule has 2 heterocycles. The molecule has 5 aromatic carbocycles. The Balaban J connectivity index is 1.93. The van der Waals surface area contributed by atoms with Gasteiger partial charge < -0.3 is 0 Å². The first-order chi connectivity index (χ1) is 14.3. The molecule has 0 spiro atoms. The fourth-order valence-electron chi connectivity index (χ4n) is 4.98. The Morgan fingerprint density at radius 1 is 0.586 bits per heavy atom. The van der Waals surface area contributed by atoms with Gasteiger partial charge in [0, 0.05) is 11.5 Å². The van der Waals surface area contributed by atoms with Crippen molar-refractivity contribution in [1.82, 2.24) is 4.52 Å². The van der Waals surface area contributed by atoms with Gasteiger partial charge in [-0.2, -0.15) is 0 Å². The Bertz CT molecular complexity index is 1820. The molecule has 7 aromatic rings. The van der Waals surface area contributed by atoms with E-state index in [2.05, 4.69) is 72.9 Å². The fraction of sp³-hybridized carbons (Fsp3) is 0. The van der Waals surface area contributed by atoms with Gasteiger partial charge in [-0.15, -0.1) is 0 Å². The molecule has 0 N–H and O–H groups in total. The van der Waals surface area contributed by atoms with Crippen LogP contribution in [0.3, 0.4) is 0 Å². The Labute approximate surface area is 165 Å². The monoisotopic (exact) mass is 371 g/mol. The third-order valence-electron chi connectivity index (χ3n) is 6.18. The van der Waals surface area contributed by atoms with Gasteiger partial charge in [-0.3, -0.25) is 4.79 Å². The van der Waals surface area contributed by atoms with Crippen molar-refractivity contribution in [2.24, 2.45) is 0 Å². The van der Waals surface area contributed by atoms with Gasteiger partial charge in [0.2, 0.25) is 11.7 Å². The molecule has 0 aliphatic rings. The van der Waals surface area contributed by atoms with Crippen molar-refractivity contribution in [3.63, 3.8) is 0 Å². The van der Waals surface area contributed by atoms with E-state index in [4.69, 9.17) is 0 Å². The van der Waals surface area contributed by atoms with Crippen LogP contribution in [-0.4, -0.2) is 4.52 Å². The molecule has 134 valence electrons. The quantitative estimate of drug-likeness (QED) is 0.269. The lowest BCUT2D eigenvalue weighted by molar-refractivity contribution is -0.589. The predicted molar refractivity (Wildman–Crippen MR) is 118 cm³/mol. The standard InChI is InChI=1S/C26H15N2O/c29-26-21-13-5-7-16-8-6-14-23(24(16)21)27-15-22-19-11-2-1-9-17(19)18-10-3-4-12-20(18)25(22)28(26)27/h1-15H/q+1. The zero-order valence-electron chi connectivity index (χ0n) is 15.5. The van der Waals surface area contributed by atoms with Crippen LogP contribution in [0.4, 0.5) is 0 Å². The number of nitrogens with zero attached hydrogens (tertiary/aromatic N) is 2. The van der Waals surface area contributed by atoms with Crippen molar-refractivity contribution in [2.45, 2.75) is 0 Å². The molecule has 0 amide bonds. The van der Waals surface area contributed by atoms with Crippen molar-refractivity contribution in [1.29, 1.82) is 0 Å². The zero-order chi connectivity index (χ0) is 19.1. The molecule has 0 saturated carbocycles. The van der Waals surface area contributed by atoms with Gasteiger partial charge >= 0.3 is 5.56 Å². The second-order valence-corrected chi connectivity index (χ2v) is 7.62. The first-order valence-electron chi connectivity index (χ1n) is 9.76. The van der Waals surface area contributed by atoms with Crippen LogP contribution >= 0.6 is 0 Å². The average Bonchev–Trinajstić information content (AvgIpc) is 3.19. The average molecular weight is 371 g/mol. The van der Waals surface area contributed by atoms with E-state index in [1.165, 1.54) is 16.2 Å². The minimum absolute atomic E-state index is 0.0183. The maximum absolute atomic E-state index is 13.7. The normalized spacial score (nSPS) is 12.3. The Kier molecular flexibility index (Phi) is 2.63. The van der Waals surface area contributed by atoms with Crippen LogP contribution in [0.25, 0.3) is 54.1 Å². The molecule has 0 unspecified atom stereocenters. The van der Waals surface area contributed by atoms with E-state index in [9.17, 15) is 4.79 Å². The molecule has 7 rings (SSSR count). The molecule has 0 bridgehead atoms. The van der Waals surface area contributed by atoms with Crippen molar-refractivity contribution < 1.29 is 4.52 Å². The number of benzene rings is 5. The lowest BCUT2D eigenvalue weighted by Crippen LogP contribution is -2.37. The van der Waals surface area contributed by atoms with Crippen molar-refractivity contribution in [2.75, 3.05) is 0 Å². The molecule has 0 radical (unpaired) electrons. The van der Waals surface area contributed by atoms with Crippen molar-refractivity contribution >= 4 is 54.1 Å². The predicted octanol–water partition coefficient (Wildman–Crippen LogP) is 5.09. The number of aromatic nitrogens is 2. The van der Waals surface area contributed by atoms with Crippen LogP contribution in [-0.2, 0) is 0 Å². The third-order valence-corrected chi connectivity index (χ3v) is 6.18. The highest BCUT2D eigenvalue weighted by atomic mass is 16.1. The molecule has 2 aromatic heterocycles. The van der Waals surface area contributed by atoms with Crippen LogP contribution in [0.15, 0.2) is 95.9 Å². The van der Waals surface area contributed by atoms with E-state index >= 15 is 0 Å². The highest BCUT2D eigenvalue weighted by molar-refractivity contribution is 6.24. The fourth-order valence-corrected chi connectivity index (χ4v) is 4.98. The van der Waals surface area contributed by atoms with E-state index in [-0.39, 0.29) is 5.56 Å². The summed E-state index contributed by atoms with van der Waals surface area (Å²) in [6.45, 7) is 0. The SMILES string of the molecule is O=c1c2cccc3cccc(c32)[n+]2cc3c4ccccc4c4ccccc4c3n12. The van der Waals surface area contributed by atoms with E-state index in [1.54, 1.807) is 0 Å². The van der Waals surface area contributed by atoms with Crippen molar-refractivity contribution in [3.8, 4) is 0 Å². The topological polar surface area (TPSA) is 25.6 Å². The summed E-state index contributed by atoms with van der Waals surface area (Å²) in [5.41, 5.74) is 2.03. The minimum Gasteiger partial charge on any atom is -0.263 e. The van der Waals surface area contributed by atoms with Crippen LogP contribution in [0, 0.1) is 0 Å². The lowest BCUT2D eigenvalue weighted by Gasteiger charge is -2.05. The van der Waals surface area contributed by atoms with E-state index in [0.717, 1.165) is 38.0 Å². The largest absolute Gasteiger partial charge is 0.315 e. The first-order valence-corrected chi connectivity index (χ1v) is 9.76. The van der Waals surface area contributed by atoms with Crippen LogP contribution in [0.1, 0.15) is 0 Å². The Morgan fingerprint density at radius 2 is 1.17 bits per heavy atom. The van der Waals surface area contributed by atoms with Gasteiger partial charge in [-0.05, 0) is 27.6 Å². The molecule has 29 heavy (non-hydrogen) atoms. The van der Waals surface area contributed by atoms with Crippen molar-refractivity contribution in [3.05, 3.63) is 101 Å². The van der Waals surface area contributed by atoms with Gasteiger partial charge in [0.25, 0.3) is 0 Å². The number of hydrogen-bond donors (Lipinski definition) is 0. The van der Waals surface area contributed by atoms with E-state index in [0.29, 0.717) is 0 Å². The molecule has 0 fully saturated rings. The molecule has 3 nitrogen and oxygen atoms in total. The van der Waals surface area contributed by atoms with Gasteiger partial charge in [-0.1, -0.05) is 81.8 Å². The summed E-state index contributed by atoms with van der Waals surface area (Å²) in [5, 5.41) is 8.61. The second-order valence-electron chi connectivity index (χ2n) is 7.62. The van der Waals surface area contributed by atoms with Crippen LogP contribution in [0.2, 0.25) is 0 Å². The van der Waals surface area contributed by atoms with Crippen LogP contribution < -0.4 is 10.1 Å². The second kappa shape index (κ2) is 5.09. The maximum Gasteiger partial charge on any atom is 0.315 e. The lowest BCUT2D eigenvalue weighted by atomic mass is 9.98. The number of hydrogen-bond acceptors (Lipinski definition) is 1. The van der Waals surface area contributed by atoms with Gasteiger partial charge in [0.1, 0.15) is 5.52 Å². The molecule has 0 aliphatic carbocycles. The molecule has 0 aliphatic heterocycles. The smallest absolute Gasteiger partial charge is 0.263 e. The summed E-state index contributed by atoms with van der Waals surface area (Å²) in [6.07, 6.45) is 2.12. The molecule has 3 heteroatoms. The van der Waals surface area contributed by atoms with Crippen LogP contribution in [0.5, 0.6) is 0 Å². The summed E-state index contributed by atoms with van der Waals surface area (Å²) in [4.78, 5) is 13.7. The summed E-state index contributed by atoms with van der Waals surface area (Å²) in [7, 11) is 0. The highest BCUT2D eigenvalue weighted by Gasteiger charge is 2.24. The highest BCUT2D eigenvalue weighted by Crippen LogP contribution is 2.34. The van der Waals surface area contributed by atoms with Gasteiger partial charge in [0.15, 0.2) is 0 Å². The third kappa shape index (κ3) is 1.73. The first kappa shape index (κ1) is 15.0. The van der Waals surface area contributed by atoms with Gasteiger partial charge in [0.05, 0.1) is 16.2 Å². The number of fused-ring (bicyclic) bond motifs is 9. The Morgan fingerprint density at radius 3 is 1.93 bits per heavy atom. The minimum atomic E-state index is 0.0183. The van der Waals surface area contributed by atoms with Gasteiger partial charge in [-0.25, -0.2) is 0 Å². The molecular weight excluding hydrogens is 356 g/mol. The Hall–Kier alpha value is -3.98. The summed E-state index contributed by atoms with van der Waals surface area (Å²) >= 11 is 0. The molecule has 0 atom stereocenters. The zero-order valence-corrected chi connectivity index (χ0v) is 15.5. The van der Waals surface area contributed by atoms with E-state index in [1.807, 2.05) is 27.2 Å². The summed E-state index contributed by atoms with van der Waals surface area (Å²) < 4.78 is 3.88. The number of rotatable bonds is 0. The maximum atomic E-state index is 13.7. The summed E-state index contributed by atoms with van der Waals surface area (Å²) in [5.74, 6) is 0. The molecular formula is C26H15N2O+.